The number of amides is 1. The Morgan fingerprint density at radius 3 is 2.50 bits per heavy atom. The SMILES string of the molecule is Cc1ccc(CNC(=O)CNCCC(=O)O)cc1. The third-order valence-corrected chi connectivity index (χ3v) is 2.41. The number of hydrogen-bond donors (Lipinski definition) is 3. The van der Waals surface area contributed by atoms with Crippen LogP contribution in [0.5, 0.6) is 0 Å². The molecule has 0 saturated carbocycles. The topological polar surface area (TPSA) is 78.4 Å². The summed E-state index contributed by atoms with van der Waals surface area (Å²) in [5, 5.41) is 13.9. The minimum atomic E-state index is -0.873. The molecule has 3 N–H and O–H groups in total. The van der Waals surface area contributed by atoms with E-state index in [1.165, 1.54) is 5.56 Å². The van der Waals surface area contributed by atoms with Crippen molar-refractivity contribution in [2.45, 2.75) is 19.9 Å². The molecule has 0 aliphatic carbocycles. The molecule has 0 unspecified atom stereocenters. The van der Waals surface area contributed by atoms with Crippen molar-refractivity contribution in [3.63, 3.8) is 0 Å². The van der Waals surface area contributed by atoms with E-state index in [1.807, 2.05) is 31.2 Å². The van der Waals surface area contributed by atoms with Crippen molar-refractivity contribution in [3.8, 4) is 0 Å². The zero-order valence-electron chi connectivity index (χ0n) is 10.4. The van der Waals surface area contributed by atoms with E-state index in [0.29, 0.717) is 13.1 Å². The molecule has 1 aromatic rings. The normalized spacial score (nSPS) is 10.1. The fourth-order valence-electron chi connectivity index (χ4n) is 1.37. The van der Waals surface area contributed by atoms with Crippen LogP contribution in [0.2, 0.25) is 0 Å². The highest BCUT2D eigenvalue weighted by atomic mass is 16.4. The molecule has 0 aromatic heterocycles. The van der Waals surface area contributed by atoms with E-state index >= 15 is 0 Å². The van der Waals surface area contributed by atoms with Gasteiger partial charge in [0.05, 0.1) is 13.0 Å². The Kier molecular flexibility index (Phi) is 5.87. The predicted molar refractivity (Wildman–Crippen MR) is 68.1 cm³/mol. The first kappa shape index (κ1) is 14.2. The lowest BCUT2D eigenvalue weighted by Gasteiger charge is -2.06. The average Bonchev–Trinajstić information content (AvgIpc) is 2.34. The zero-order valence-corrected chi connectivity index (χ0v) is 10.4. The van der Waals surface area contributed by atoms with E-state index < -0.39 is 5.97 Å². The summed E-state index contributed by atoms with van der Waals surface area (Å²) in [5.74, 6) is -1.01. The fraction of sp³-hybridized carbons (Fsp3) is 0.385. The Morgan fingerprint density at radius 1 is 1.22 bits per heavy atom. The lowest BCUT2D eigenvalue weighted by atomic mass is 10.1. The Bertz CT molecular complexity index is 401. The summed E-state index contributed by atoms with van der Waals surface area (Å²) < 4.78 is 0. The van der Waals surface area contributed by atoms with Crippen molar-refractivity contribution < 1.29 is 14.7 Å². The van der Waals surface area contributed by atoms with Gasteiger partial charge in [-0.05, 0) is 12.5 Å². The average molecular weight is 250 g/mol. The lowest BCUT2D eigenvalue weighted by Crippen LogP contribution is -2.34. The standard InChI is InChI=1S/C13H18N2O3/c1-10-2-4-11(5-3-10)8-15-12(16)9-14-7-6-13(17)18/h2-5,14H,6-9H2,1H3,(H,15,16)(H,17,18). The van der Waals surface area contributed by atoms with Crippen LogP contribution in [0.3, 0.4) is 0 Å². The number of aliphatic carboxylic acids is 1. The number of carbonyl (C=O) groups excluding carboxylic acids is 1. The second-order valence-electron chi connectivity index (χ2n) is 4.08. The molecule has 98 valence electrons. The van der Waals surface area contributed by atoms with E-state index in [-0.39, 0.29) is 18.9 Å². The van der Waals surface area contributed by atoms with Crippen molar-refractivity contribution in [1.82, 2.24) is 10.6 Å². The van der Waals surface area contributed by atoms with Crippen molar-refractivity contribution >= 4 is 11.9 Å². The zero-order chi connectivity index (χ0) is 13.4. The van der Waals surface area contributed by atoms with Crippen LogP contribution in [0.1, 0.15) is 17.5 Å². The van der Waals surface area contributed by atoms with Gasteiger partial charge in [-0.3, -0.25) is 9.59 Å². The molecule has 0 spiro atoms. The molecule has 0 saturated heterocycles. The summed E-state index contributed by atoms with van der Waals surface area (Å²) in [6.45, 7) is 2.93. The summed E-state index contributed by atoms with van der Waals surface area (Å²) in [5.41, 5.74) is 2.22. The summed E-state index contributed by atoms with van der Waals surface area (Å²) in [4.78, 5) is 21.6. The number of nitrogens with one attached hydrogen (secondary N) is 2. The van der Waals surface area contributed by atoms with Gasteiger partial charge in [-0.25, -0.2) is 0 Å². The highest BCUT2D eigenvalue weighted by Crippen LogP contribution is 2.02. The first-order valence-corrected chi connectivity index (χ1v) is 5.82. The van der Waals surface area contributed by atoms with Gasteiger partial charge in [-0.2, -0.15) is 0 Å². The second-order valence-corrected chi connectivity index (χ2v) is 4.08. The van der Waals surface area contributed by atoms with Gasteiger partial charge in [-0.15, -0.1) is 0 Å². The van der Waals surface area contributed by atoms with E-state index in [4.69, 9.17) is 5.11 Å². The summed E-state index contributed by atoms with van der Waals surface area (Å²) in [6.07, 6.45) is 0.0191. The van der Waals surface area contributed by atoms with Gasteiger partial charge in [0.2, 0.25) is 5.91 Å². The third kappa shape index (κ3) is 6.00. The summed E-state index contributed by atoms with van der Waals surface area (Å²) >= 11 is 0. The van der Waals surface area contributed by atoms with E-state index in [1.54, 1.807) is 0 Å². The lowest BCUT2D eigenvalue weighted by molar-refractivity contribution is -0.137. The molecule has 5 nitrogen and oxygen atoms in total. The monoisotopic (exact) mass is 250 g/mol. The Labute approximate surface area is 106 Å². The molecule has 1 aromatic carbocycles. The van der Waals surface area contributed by atoms with Crippen LogP contribution in [0.25, 0.3) is 0 Å². The predicted octanol–water partition coefficient (Wildman–Crippen LogP) is 0.676. The minimum absolute atomic E-state index is 0.0191. The Balaban J connectivity index is 2.17. The van der Waals surface area contributed by atoms with Crippen LogP contribution in [-0.4, -0.2) is 30.1 Å². The van der Waals surface area contributed by atoms with Gasteiger partial charge in [0.15, 0.2) is 0 Å². The Morgan fingerprint density at radius 2 is 1.89 bits per heavy atom. The molecule has 0 radical (unpaired) electrons. The molecule has 0 fully saturated rings. The number of aryl methyl sites for hydroxylation is 1. The number of carboxylic acids is 1. The molecule has 0 aliphatic rings. The van der Waals surface area contributed by atoms with Crippen LogP contribution in [0.15, 0.2) is 24.3 Å². The van der Waals surface area contributed by atoms with Crippen LogP contribution in [0.4, 0.5) is 0 Å². The number of rotatable bonds is 7. The molecule has 0 heterocycles. The maximum absolute atomic E-state index is 11.4. The third-order valence-electron chi connectivity index (χ3n) is 2.41. The number of carbonyl (C=O) groups is 2. The maximum atomic E-state index is 11.4. The second kappa shape index (κ2) is 7.45. The minimum Gasteiger partial charge on any atom is -0.481 e. The van der Waals surface area contributed by atoms with Gasteiger partial charge < -0.3 is 15.7 Å². The summed E-state index contributed by atoms with van der Waals surface area (Å²) in [6, 6.07) is 7.92. The van der Waals surface area contributed by atoms with Crippen molar-refractivity contribution in [2.75, 3.05) is 13.1 Å². The maximum Gasteiger partial charge on any atom is 0.304 e. The van der Waals surface area contributed by atoms with Crippen LogP contribution >= 0.6 is 0 Å². The van der Waals surface area contributed by atoms with Crippen molar-refractivity contribution in [2.24, 2.45) is 0 Å². The van der Waals surface area contributed by atoms with Gasteiger partial charge >= 0.3 is 5.97 Å². The largest absolute Gasteiger partial charge is 0.481 e. The van der Waals surface area contributed by atoms with Crippen LogP contribution in [0, 0.1) is 6.92 Å². The fourth-order valence-corrected chi connectivity index (χ4v) is 1.37. The molecule has 1 rings (SSSR count). The van der Waals surface area contributed by atoms with Gasteiger partial charge in [0, 0.05) is 13.1 Å². The molecule has 18 heavy (non-hydrogen) atoms. The van der Waals surface area contributed by atoms with Crippen molar-refractivity contribution in [3.05, 3.63) is 35.4 Å². The van der Waals surface area contributed by atoms with E-state index in [9.17, 15) is 9.59 Å². The quantitative estimate of drug-likeness (QED) is 0.622. The summed E-state index contributed by atoms with van der Waals surface area (Å²) in [7, 11) is 0. The number of hydrogen-bond acceptors (Lipinski definition) is 3. The van der Waals surface area contributed by atoms with E-state index in [2.05, 4.69) is 10.6 Å². The van der Waals surface area contributed by atoms with Gasteiger partial charge in [-0.1, -0.05) is 29.8 Å². The van der Waals surface area contributed by atoms with Crippen molar-refractivity contribution in [1.29, 1.82) is 0 Å². The molecule has 0 bridgehead atoms. The highest BCUT2D eigenvalue weighted by molar-refractivity contribution is 5.78. The van der Waals surface area contributed by atoms with Crippen LogP contribution < -0.4 is 10.6 Å². The smallest absolute Gasteiger partial charge is 0.304 e. The van der Waals surface area contributed by atoms with Gasteiger partial charge in [0.25, 0.3) is 0 Å². The first-order valence-electron chi connectivity index (χ1n) is 5.82. The highest BCUT2D eigenvalue weighted by Gasteiger charge is 2.01. The molecular formula is C13H18N2O3. The van der Waals surface area contributed by atoms with Gasteiger partial charge in [0.1, 0.15) is 0 Å². The molecule has 1 amide bonds. The Hall–Kier alpha value is -1.88. The molecule has 0 atom stereocenters. The first-order chi connectivity index (χ1) is 8.58. The molecule has 5 heteroatoms. The molecular weight excluding hydrogens is 232 g/mol. The van der Waals surface area contributed by atoms with Crippen LogP contribution in [-0.2, 0) is 16.1 Å². The van der Waals surface area contributed by atoms with E-state index in [0.717, 1.165) is 5.56 Å². The molecule has 0 aliphatic heterocycles. The number of carboxylic acid groups (broad SMARTS) is 1. The number of benzene rings is 1.